The van der Waals surface area contributed by atoms with Gasteiger partial charge in [0.15, 0.2) is 0 Å². The maximum atomic E-state index is 9.14. The van der Waals surface area contributed by atoms with Crippen LogP contribution in [-0.4, -0.2) is 11.1 Å². The molecule has 0 saturated heterocycles. The van der Waals surface area contributed by atoms with E-state index >= 15 is 0 Å². The summed E-state index contributed by atoms with van der Waals surface area (Å²) in [5.74, 6) is -0.419. The summed E-state index contributed by atoms with van der Waals surface area (Å²) >= 11 is 0. The van der Waals surface area contributed by atoms with Crippen LogP contribution >= 0.6 is 0 Å². The standard InChI is InChI=1S/C24H41N/c1-17-15-20(19-11-13-24(9,10)14-12-19)16-18(2)21(17)25(22(3,4)5)23(6,7)8/h15-16,19H,11-14H2,1-10H3/i19D. The Morgan fingerprint density at radius 3 is 1.68 bits per heavy atom. The van der Waals surface area contributed by atoms with Crippen LogP contribution in [-0.2, 0) is 0 Å². The van der Waals surface area contributed by atoms with E-state index in [0.29, 0.717) is 5.41 Å². The lowest BCUT2D eigenvalue weighted by molar-refractivity contribution is 0.224. The third kappa shape index (κ3) is 4.60. The minimum atomic E-state index is -0.419. The van der Waals surface area contributed by atoms with Crippen molar-refractivity contribution in [2.45, 2.75) is 112 Å². The first kappa shape index (κ1) is 18.8. The van der Waals surface area contributed by atoms with Crippen molar-refractivity contribution >= 4 is 5.69 Å². The highest BCUT2D eigenvalue weighted by Crippen LogP contribution is 2.44. The predicted octanol–water partition coefficient (Wildman–Crippen LogP) is 7.39. The molecule has 1 aliphatic rings. The molecule has 0 amide bonds. The molecule has 0 aliphatic heterocycles. The molecule has 1 saturated carbocycles. The van der Waals surface area contributed by atoms with Gasteiger partial charge >= 0.3 is 0 Å². The molecular weight excluding hydrogens is 302 g/mol. The number of benzene rings is 1. The highest BCUT2D eigenvalue weighted by atomic mass is 15.2. The number of anilines is 1. The maximum Gasteiger partial charge on any atom is 0.0434 e. The van der Waals surface area contributed by atoms with Gasteiger partial charge in [-0.25, -0.2) is 0 Å². The van der Waals surface area contributed by atoms with Gasteiger partial charge in [0.25, 0.3) is 0 Å². The molecule has 0 aromatic heterocycles. The lowest BCUT2D eigenvalue weighted by Crippen LogP contribution is -2.53. The molecule has 0 bridgehead atoms. The third-order valence-electron chi connectivity index (χ3n) is 5.67. The summed E-state index contributed by atoms with van der Waals surface area (Å²) in [6, 6.07) is 4.61. The number of rotatable bonds is 2. The molecule has 0 spiro atoms. The molecule has 1 aromatic carbocycles. The molecule has 1 nitrogen and oxygen atoms in total. The molecule has 0 radical (unpaired) electrons. The molecule has 1 fully saturated rings. The van der Waals surface area contributed by atoms with Gasteiger partial charge in [0.1, 0.15) is 0 Å². The first-order chi connectivity index (χ1) is 11.6. The largest absolute Gasteiger partial charge is 0.361 e. The fourth-order valence-corrected chi connectivity index (χ4v) is 4.71. The van der Waals surface area contributed by atoms with E-state index in [1.165, 1.54) is 22.4 Å². The summed E-state index contributed by atoms with van der Waals surface area (Å²) in [5, 5.41) is 0. The Kier molecular flexibility index (Phi) is 4.99. The number of hydrogen-bond donors (Lipinski definition) is 0. The number of hydrogen-bond acceptors (Lipinski definition) is 1. The van der Waals surface area contributed by atoms with Crippen molar-refractivity contribution in [3.8, 4) is 0 Å². The van der Waals surface area contributed by atoms with Crippen molar-refractivity contribution in [2.24, 2.45) is 5.41 Å². The number of nitrogens with zero attached hydrogens (tertiary/aromatic N) is 1. The van der Waals surface area contributed by atoms with Crippen molar-refractivity contribution in [1.29, 1.82) is 0 Å². The molecule has 0 heterocycles. The number of aryl methyl sites for hydroxylation is 2. The quantitative estimate of drug-likeness (QED) is 0.540. The fraction of sp³-hybridized carbons (Fsp3) is 0.750. The predicted molar refractivity (Wildman–Crippen MR) is 113 cm³/mol. The summed E-state index contributed by atoms with van der Waals surface area (Å²) in [7, 11) is 0. The normalized spacial score (nSPS) is 21.0. The van der Waals surface area contributed by atoms with Gasteiger partial charge in [0, 0.05) is 18.1 Å². The van der Waals surface area contributed by atoms with Crippen molar-refractivity contribution in [3.05, 3.63) is 28.8 Å². The topological polar surface area (TPSA) is 3.24 Å². The van der Waals surface area contributed by atoms with Crippen molar-refractivity contribution in [2.75, 3.05) is 4.90 Å². The zero-order chi connectivity index (χ0) is 20.1. The highest BCUT2D eigenvalue weighted by molar-refractivity contribution is 5.63. The summed E-state index contributed by atoms with van der Waals surface area (Å²) in [5.41, 5.74) is 5.65. The Balaban J connectivity index is 2.49. The van der Waals surface area contributed by atoms with Crippen LogP contribution in [0, 0.1) is 19.3 Å². The smallest absolute Gasteiger partial charge is 0.0434 e. The molecule has 1 aromatic rings. The second-order valence-electron chi connectivity index (χ2n) is 10.9. The minimum absolute atomic E-state index is 0.0444. The Labute approximate surface area is 158 Å². The van der Waals surface area contributed by atoms with Crippen molar-refractivity contribution in [1.82, 2.24) is 0 Å². The first-order valence-electron chi connectivity index (χ1n) is 10.5. The minimum Gasteiger partial charge on any atom is -0.361 e. The monoisotopic (exact) mass is 344 g/mol. The Morgan fingerprint density at radius 1 is 0.920 bits per heavy atom. The molecular formula is C24H41N. The zero-order valence-corrected chi connectivity index (χ0v) is 18.4. The van der Waals surface area contributed by atoms with E-state index < -0.39 is 5.89 Å². The summed E-state index contributed by atoms with van der Waals surface area (Å²) < 4.78 is 9.14. The molecule has 25 heavy (non-hydrogen) atoms. The summed E-state index contributed by atoms with van der Waals surface area (Å²) in [6.07, 6.45) is 4.24. The Hall–Kier alpha value is -0.980. The molecule has 2 rings (SSSR count). The SMILES string of the molecule is [2H]C1(c2cc(C)c(N(C(C)(C)C)C(C)(C)C)c(C)c2)CCC(C)(C)CC1. The van der Waals surface area contributed by atoms with Crippen LogP contribution in [0.5, 0.6) is 0 Å². The van der Waals surface area contributed by atoms with Gasteiger partial charge in [0.05, 0.1) is 0 Å². The van der Waals surface area contributed by atoms with Gasteiger partial charge in [-0.3, -0.25) is 0 Å². The zero-order valence-electron chi connectivity index (χ0n) is 19.4. The van der Waals surface area contributed by atoms with E-state index in [4.69, 9.17) is 1.37 Å². The molecule has 0 atom stereocenters. The van der Waals surface area contributed by atoms with Crippen LogP contribution in [0.15, 0.2) is 12.1 Å². The fourth-order valence-electron chi connectivity index (χ4n) is 4.71. The molecule has 0 N–H and O–H groups in total. The lowest BCUT2D eigenvalue weighted by atomic mass is 9.71. The van der Waals surface area contributed by atoms with E-state index in [0.717, 1.165) is 25.7 Å². The second-order valence-corrected chi connectivity index (χ2v) is 10.9. The van der Waals surface area contributed by atoms with Gasteiger partial charge < -0.3 is 4.90 Å². The van der Waals surface area contributed by atoms with E-state index in [1.54, 1.807) is 0 Å². The third-order valence-corrected chi connectivity index (χ3v) is 5.67. The van der Waals surface area contributed by atoms with Crippen LogP contribution < -0.4 is 4.90 Å². The Bertz CT molecular complexity index is 611. The van der Waals surface area contributed by atoms with Gasteiger partial charge in [-0.1, -0.05) is 26.0 Å². The van der Waals surface area contributed by atoms with Gasteiger partial charge in [-0.15, -0.1) is 0 Å². The van der Waals surface area contributed by atoms with Crippen molar-refractivity contribution in [3.63, 3.8) is 0 Å². The highest BCUT2D eigenvalue weighted by Gasteiger charge is 2.34. The van der Waals surface area contributed by atoms with Crippen molar-refractivity contribution < 1.29 is 1.37 Å². The van der Waals surface area contributed by atoms with E-state index in [1.807, 2.05) is 0 Å². The molecule has 142 valence electrons. The van der Waals surface area contributed by atoms with Crippen LogP contribution in [0.3, 0.4) is 0 Å². The van der Waals surface area contributed by atoms with Crippen LogP contribution in [0.25, 0.3) is 0 Å². The van der Waals surface area contributed by atoms with E-state index in [-0.39, 0.29) is 11.1 Å². The first-order valence-corrected chi connectivity index (χ1v) is 9.99. The van der Waals surface area contributed by atoms with Gasteiger partial charge in [0.2, 0.25) is 0 Å². The van der Waals surface area contributed by atoms with Gasteiger partial charge in [-0.2, -0.15) is 0 Å². The lowest BCUT2D eigenvalue weighted by Gasteiger charge is -2.49. The van der Waals surface area contributed by atoms with Crippen LogP contribution in [0.1, 0.15) is 105 Å². The maximum absolute atomic E-state index is 9.14. The van der Waals surface area contributed by atoms with Crippen LogP contribution in [0.2, 0.25) is 0 Å². The average molecular weight is 345 g/mol. The second kappa shape index (κ2) is 6.63. The summed E-state index contributed by atoms with van der Waals surface area (Å²) in [6.45, 7) is 22.9. The van der Waals surface area contributed by atoms with E-state index in [9.17, 15) is 0 Å². The van der Waals surface area contributed by atoms with Crippen LogP contribution in [0.4, 0.5) is 5.69 Å². The molecule has 1 heteroatoms. The molecule has 0 unspecified atom stereocenters. The molecule has 1 aliphatic carbocycles. The van der Waals surface area contributed by atoms with Gasteiger partial charge in [-0.05, 0) is 109 Å². The van der Waals surface area contributed by atoms with E-state index in [2.05, 4.69) is 86.3 Å². The Morgan fingerprint density at radius 2 is 1.32 bits per heavy atom. The summed E-state index contributed by atoms with van der Waals surface area (Å²) in [4.78, 5) is 2.55. The average Bonchev–Trinajstić information content (AvgIpc) is 2.43.